The van der Waals surface area contributed by atoms with Gasteiger partial charge in [0.1, 0.15) is 0 Å². The Morgan fingerprint density at radius 2 is 2.11 bits per heavy atom. The zero-order valence-electron chi connectivity index (χ0n) is 16.7. The summed E-state index contributed by atoms with van der Waals surface area (Å²) in [6.45, 7) is 12.1. The van der Waals surface area contributed by atoms with Crippen molar-refractivity contribution in [2.45, 2.75) is 33.4 Å². The molecule has 0 aliphatic carbocycles. The molecule has 1 aliphatic heterocycles. The second-order valence-corrected chi connectivity index (χ2v) is 8.76. The highest BCUT2D eigenvalue weighted by Gasteiger charge is 2.23. The molecule has 1 atom stereocenters. The molecular formula is C19H30IN5OS2. The summed E-state index contributed by atoms with van der Waals surface area (Å²) in [4.78, 5) is 14.4. The molecule has 3 rings (SSSR count). The Balaban J connectivity index is 0.00000280. The van der Waals surface area contributed by atoms with E-state index >= 15 is 0 Å². The predicted molar refractivity (Wildman–Crippen MR) is 129 cm³/mol. The molecule has 1 aliphatic rings. The Hall–Kier alpha value is -0.750. The highest BCUT2D eigenvalue weighted by molar-refractivity contribution is 14.0. The maximum absolute atomic E-state index is 5.53. The van der Waals surface area contributed by atoms with Crippen LogP contribution in [0.25, 0.3) is 0 Å². The summed E-state index contributed by atoms with van der Waals surface area (Å²) < 4.78 is 5.53. The van der Waals surface area contributed by atoms with Gasteiger partial charge in [0.05, 0.1) is 36.5 Å². The van der Waals surface area contributed by atoms with Gasteiger partial charge in [-0.15, -0.1) is 46.7 Å². The monoisotopic (exact) mass is 535 g/mol. The Labute approximate surface area is 192 Å². The SMILES string of the molecule is CCNC(=NCc1sc(C)nc1C)NCC(c1cccs1)N1CCOCC1.I. The van der Waals surface area contributed by atoms with Crippen LogP contribution in [0.4, 0.5) is 0 Å². The molecule has 1 saturated heterocycles. The first-order valence-electron chi connectivity index (χ1n) is 9.47. The van der Waals surface area contributed by atoms with Gasteiger partial charge in [-0.25, -0.2) is 9.98 Å². The van der Waals surface area contributed by atoms with E-state index in [9.17, 15) is 0 Å². The first-order chi connectivity index (χ1) is 13.2. The average molecular weight is 536 g/mol. The molecule has 0 bridgehead atoms. The summed E-state index contributed by atoms with van der Waals surface area (Å²) in [6, 6.07) is 4.69. The number of guanidine groups is 1. The topological polar surface area (TPSA) is 61.8 Å². The standard InChI is InChI=1S/C19H29N5OS2.HI/c1-4-20-19(22-13-18-14(2)23-15(3)27-18)21-12-16(17-6-5-11-26-17)24-7-9-25-10-8-24;/h5-6,11,16H,4,7-10,12-13H2,1-3H3,(H2,20,21,22);1H. The van der Waals surface area contributed by atoms with Crippen LogP contribution in [0, 0.1) is 13.8 Å². The van der Waals surface area contributed by atoms with Crippen molar-refractivity contribution in [2.24, 2.45) is 4.99 Å². The lowest BCUT2D eigenvalue weighted by molar-refractivity contribution is 0.0177. The molecule has 0 saturated carbocycles. The number of thiazole rings is 1. The first kappa shape index (κ1) is 23.5. The molecule has 0 spiro atoms. The quantitative estimate of drug-likeness (QED) is 0.323. The Kier molecular flexibility index (Phi) is 10.1. The molecule has 2 aromatic heterocycles. The lowest BCUT2D eigenvalue weighted by Gasteiger charge is -2.34. The van der Waals surface area contributed by atoms with Crippen LogP contribution >= 0.6 is 46.7 Å². The van der Waals surface area contributed by atoms with E-state index in [1.54, 1.807) is 11.3 Å². The lowest BCUT2D eigenvalue weighted by Crippen LogP contribution is -2.46. The van der Waals surface area contributed by atoms with E-state index in [0.717, 1.165) is 56.1 Å². The minimum absolute atomic E-state index is 0. The number of aromatic nitrogens is 1. The van der Waals surface area contributed by atoms with Gasteiger partial charge in [-0.1, -0.05) is 6.07 Å². The molecule has 2 aromatic rings. The summed E-state index contributed by atoms with van der Waals surface area (Å²) >= 11 is 3.54. The fourth-order valence-electron chi connectivity index (χ4n) is 3.19. The fourth-order valence-corrected chi connectivity index (χ4v) is 4.91. The van der Waals surface area contributed by atoms with Crippen LogP contribution in [0.2, 0.25) is 0 Å². The third-order valence-electron chi connectivity index (χ3n) is 4.55. The normalized spacial score (nSPS) is 16.5. The van der Waals surface area contributed by atoms with Crippen molar-refractivity contribution in [1.29, 1.82) is 0 Å². The van der Waals surface area contributed by atoms with E-state index in [1.807, 2.05) is 18.3 Å². The molecule has 0 amide bonds. The maximum atomic E-state index is 5.53. The number of aryl methyl sites for hydroxylation is 2. The van der Waals surface area contributed by atoms with E-state index in [4.69, 9.17) is 9.73 Å². The van der Waals surface area contributed by atoms with E-state index in [2.05, 4.69) is 51.9 Å². The molecule has 1 unspecified atom stereocenters. The number of hydrogen-bond donors (Lipinski definition) is 2. The number of hydrogen-bond acceptors (Lipinski definition) is 6. The van der Waals surface area contributed by atoms with Crippen molar-refractivity contribution < 1.29 is 4.74 Å². The van der Waals surface area contributed by atoms with Gasteiger partial charge in [-0.3, -0.25) is 4.90 Å². The first-order valence-corrected chi connectivity index (χ1v) is 11.2. The van der Waals surface area contributed by atoms with Gasteiger partial charge < -0.3 is 15.4 Å². The Morgan fingerprint density at radius 1 is 1.32 bits per heavy atom. The van der Waals surface area contributed by atoms with Crippen molar-refractivity contribution in [1.82, 2.24) is 20.5 Å². The average Bonchev–Trinajstić information content (AvgIpc) is 3.30. The van der Waals surface area contributed by atoms with Crippen LogP contribution in [0.15, 0.2) is 22.5 Å². The molecule has 2 N–H and O–H groups in total. The molecule has 0 aromatic carbocycles. The zero-order valence-corrected chi connectivity index (χ0v) is 20.7. The van der Waals surface area contributed by atoms with Gasteiger partial charge in [0, 0.05) is 35.9 Å². The van der Waals surface area contributed by atoms with Gasteiger partial charge in [0.15, 0.2) is 5.96 Å². The van der Waals surface area contributed by atoms with Gasteiger partial charge in [0.2, 0.25) is 0 Å². The van der Waals surface area contributed by atoms with Crippen molar-refractivity contribution in [3.05, 3.63) is 38.0 Å². The smallest absolute Gasteiger partial charge is 0.191 e. The number of rotatable bonds is 7. The van der Waals surface area contributed by atoms with Crippen molar-refractivity contribution >= 4 is 52.6 Å². The highest BCUT2D eigenvalue weighted by atomic mass is 127. The summed E-state index contributed by atoms with van der Waals surface area (Å²) in [5.41, 5.74) is 1.09. The molecule has 28 heavy (non-hydrogen) atoms. The zero-order chi connectivity index (χ0) is 19.1. The molecular weight excluding hydrogens is 505 g/mol. The van der Waals surface area contributed by atoms with E-state index in [1.165, 1.54) is 9.75 Å². The van der Waals surface area contributed by atoms with Crippen LogP contribution in [-0.2, 0) is 11.3 Å². The second-order valence-electron chi connectivity index (χ2n) is 6.50. The van der Waals surface area contributed by atoms with Crippen LogP contribution in [0.1, 0.15) is 33.4 Å². The van der Waals surface area contributed by atoms with Crippen molar-refractivity contribution in [3.63, 3.8) is 0 Å². The number of thiophene rings is 1. The molecule has 9 heteroatoms. The van der Waals surface area contributed by atoms with Gasteiger partial charge in [-0.05, 0) is 32.2 Å². The summed E-state index contributed by atoms with van der Waals surface area (Å²) in [6.07, 6.45) is 0. The summed E-state index contributed by atoms with van der Waals surface area (Å²) in [5.74, 6) is 0.859. The summed E-state index contributed by atoms with van der Waals surface area (Å²) in [7, 11) is 0. The fraction of sp³-hybridized carbons (Fsp3) is 0.579. The number of aliphatic imine (C=N–C) groups is 1. The number of nitrogens with zero attached hydrogens (tertiary/aromatic N) is 3. The predicted octanol–water partition coefficient (Wildman–Crippen LogP) is 3.57. The molecule has 6 nitrogen and oxygen atoms in total. The number of halogens is 1. The van der Waals surface area contributed by atoms with Crippen LogP contribution in [-0.4, -0.2) is 55.2 Å². The van der Waals surface area contributed by atoms with Gasteiger partial charge in [0.25, 0.3) is 0 Å². The minimum Gasteiger partial charge on any atom is -0.379 e. The van der Waals surface area contributed by atoms with E-state index < -0.39 is 0 Å². The van der Waals surface area contributed by atoms with Gasteiger partial charge in [-0.2, -0.15) is 0 Å². The third kappa shape index (κ3) is 6.65. The van der Waals surface area contributed by atoms with Crippen LogP contribution in [0.3, 0.4) is 0 Å². The molecule has 1 fully saturated rings. The number of ether oxygens (including phenoxy) is 1. The van der Waals surface area contributed by atoms with E-state index in [-0.39, 0.29) is 24.0 Å². The Morgan fingerprint density at radius 3 is 2.71 bits per heavy atom. The number of morpholine rings is 1. The minimum atomic E-state index is 0. The van der Waals surface area contributed by atoms with Crippen molar-refractivity contribution in [3.8, 4) is 0 Å². The lowest BCUT2D eigenvalue weighted by atomic mass is 10.2. The molecule has 156 valence electrons. The largest absolute Gasteiger partial charge is 0.379 e. The van der Waals surface area contributed by atoms with Crippen molar-refractivity contribution in [2.75, 3.05) is 39.4 Å². The molecule has 0 radical (unpaired) electrons. The number of nitrogens with one attached hydrogen (secondary N) is 2. The van der Waals surface area contributed by atoms with Gasteiger partial charge >= 0.3 is 0 Å². The maximum Gasteiger partial charge on any atom is 0.191 e. The third-order valence-corrected chi connectivity index (χ3v) is 6.58. The van der Waals surface area contributed by atoms with Crippen LogP contribution < -0.4 is 10.6 Å². The molecule has 3 heterocycles. The Bertz CT molecular complexity index is 729. The van der Waals surface area contributed by atoms with Crippen LogP contribution in [0.5, 0.6) is 0 Å². The summed E-state index contributed by atoms with van der Waals surface area (Å²) in [5, 5.41) is 10.2. The second kappa shape index (κ2) is 12.1. The highest BCUT2D eigenvalue weighted by Crippen LogP contribution is 2.25. The van der Waals surface area contributed by atoms with E-state index in [0.29, 0.717) is 12.6 Å².